The Morgan fingerprint density at radius 1 is 0.429 bits per heavy atom. The molecule has 0 spiro atoms. The maximum absolute atomic E-state index is 6.56. The number of imidazole rings is 1. The van der Waals surface area contributed by atoms with E-state index in [1.54, 1.807) is 11.3 Å². The van der Waals surface area contributed by atoms with Crippen LogP contribution in [0.15, 0.2) is 185 Å². The van der Waals surface area contributed by atoms with Gasteiger partial charge in [0.1, 0.15) is 33.2 Å². The molecule has 5 nitrogen and oxygen atoms in total. The van der Waals surface area contributed by atoms with Gasteiger partial charge in [-0.1, -0.05) is 140 Å². The number of furan rings is 2. The zero-order chi connectivity index (χ0) is 36.7. The number of thiazole rings is 1. The minimum absolute atomic E-state index is 0.863. The summed E-state index contributed by atoms with van der Waals surface area (Å²) in [6, 6.07) is 61.1. The van der Waals surface area contributed by atoms with Gasteiger partial charge in [0.2, 0.25) is 0 Å². The average molecular weight is 736 g/mol. The van der Waals surface area contributed by atoms with E-state index in [0.717, 1.165) is 115 Å². The van der Waals surface area contributed by atoms with E-state index in [1.807, 2.05) is 36.4 Å². The molecule has 262 valence electrons. The Labute approximate surface area is 324 Å². The largest absolute Gasteiger partial charge is 0.455 e. The van der Waals surface area contributed by atoms with Crippen LogP contribution in [0.5, 0.6) is 0 Å². The Bertz CT molecular complexity index is 3330. The third kappa shape index (κ3) is 4.66. The zero-order valence-corrected chi connectivity index (χ0v) is 30.6. The summed E-state index contributed by atoms with van der Waals surface area (Å²) in [6.07, 6.45) is 0. The Morgan fingerprint density at radius 2 is 1.00 bits per heavy atom. The fourth-order valence-corrected chi connectivity index (χ4v) is 9.42. The molecule has 0 unspecified atom stereocenters. The maximum Gasteiger partial charge on any atom is 0.145 e. The van der Waals surface area contributed by atoms with Crippen molar-refractivity contribution in [3.8, 4) is 49.9 Å². The molecule has 0 aliphatic rings. The van der Waals surface area contributed by atoms with E-state index < -0.39 is 0 Å². The van der Waals surface area contributed by atoms with Crippen molar-refractivity contribution in [3.63, 3.8) is 0 Å². The smallest absolute Gasteiger partial charge is 0.145 e. The molecule has 0 N–H and O–H groups in total. The lowest BCUT2D eigenvalue weighted by atomic mass is 9.96. The van der Waals surface area contributed by atoms with Crippen molar-refractivity contribution in [2.24, 2.45) is 0 Å². The molecule has 6 heteroatoms. The first-order valence-corrected chi connectivity index (χ1v) is 19.5. The fraction of sp³-hybridized carbons (Fsp3) is 0. The van der Waals surface area contributed by atoms with Crippen molar-refractivity contribution in [2.45, 2.75) is 0 Å². The van der Waals surface area contributed by atoms with Gasteiger partial charge >= 0.3 is 0 Å². The molecule has 12 aromatic rings. The van der Waals surface area contributed by atoms with E-state index in [9.17, 15) is 0 Å². The second kappa shape index (κ2) is 12.1. The molecule has 0 atom stereocenters. The molecule has 0 aliphatic carbocycles. The third-order valence-electron chi connectivity index (χ3n) is 10.9. The summed E-state index contributed by atoms with van der Waals surface area (Å²) in [5.41, 5.74) is 13.8. The predicted molar refractivity (Wildman–Crippen MR) is 231 cm³/mol. The van der Waals surface area contributed by atoms with Crippen molar-refractivity contribution in [1.82, 2.24) is 14.5 Å². The molecular formula is C50H29N3O2S. The Kier molecular flexibility index (Phi) is 6.73. The molecule has 12 rings (SSSR count). The van der Waals surface area contributed by atoms with E-state index in [4.69, 9.17) is 18.8 Å². The van der Waals surface area contributed by atoms with Gasteiger partial charge in [0.25, 0.3) is 0 Å². The molecular weight excluding hydrogens is 707 g/mol. The molecule has 4 aromatic heterocycles. The zero-order valence-electron chi connectivity index (χ0n) is 29.8. The van der Waals surface area contributed by atoms with Crippen molar-refractivity contribution >= 4 is 76.5 Å². The number of fused-ring (bicyclic) bond motifs is 8. The molecule has 8 aromatic carbocycles. The summed E-state index contributed by atoms with van der Waals surface area (Å²) in [5, 5.41) is 5.35. The highest BCUT2D eigenvalue weighted by Gasteiger charge is 2.22. The number of hydrogen-bond acceptors (Lipinski definition) is 5. The monoisotopic (exact) mass is 735 g/mol. The first-order valence-electron chi connectivity index (χ1n) is 18.7. The maximum atomic E-state index is 6.56. The van der Waals surface area contributed by atoms with Gasteiger partial charge in [-0.3, -0.25) is 4.57 Å². The highest BCUT2D eigenvalue weighted by atomic mass is 32.1. The molecule has 0 bridgehead atoms. The van der Waals surface area contributed by atoms with Crippen LogP contribution in [-0.2, 0) is 0 Å². The number of hydrogen-bond donors (Lipinski definition) is 0. The number of benzene rings is 8. The van der Waals surface area contributed by atoms with Crippen LogP contribution in [0.1, 0.15) is 0 Å². The van der Waals surface area contributed by atoms with Gasteiger partial charge in [-0.05, 0) is 36.4 Å². The average Bonchev–Trinajstić information content (AvgIpc) is 4.05. The standard InChI is InChI=1S/C50H29N3O2S/c1-2-12-32(13-3-1)53-42-21-7-6-20-41(42)51-49(53)30-24-26-31(27-25-30)50-52-45-35(38-18-10-16-36-33-14-4-8-22-43(33)54-46(36)38)28-29-40(48(45)56-50)39-19-11-17-37-34-15-5-9-23-44(34)55-47(37)39/h1-29H. The Balaban J connectivity index is 1.06. The fourth-order valence-electron chi connectivity index (χ4n) is 8.30. The van der Waals surface area contributed by atoms with Gasteiger partial charge in [-0.2, -0.15) is 0 Å². The first-order chi connectivity index (χ1) is 27.8. The molecule has 0 saturated carbocycles. The Hall–Kier alpha value is -7.28. The summed E-state index contributed by atoms with van der Waals surface area (Å²) < 4.78 is 16.4. The third-order valence-corrected chi connectivity index (χ3v) is 12.0. The van der Waals surface area contributed by atoms with Crippen LogP contribution in [-0.4, -0.2) is 14.5 Å². The summed E-state index contributed by atoms with van der Waals surface area (Å²) in [4.78, 5) is 10.6. The summed E-state index contributed by atoms with van der Waals surface area (Å²) in [5.74, 6) is 0.899. The lowest BCUT2D eigenvalue weighted by molar-refractivity contribution is 0.669. The minimum atomic E-state index is 0.863. The van der Waals surface area contributed by atoms with E-state index in [0.29, 0.717) is 0 Å². The SMILES string of the molecule is c1ccc(-n2c(-c3ccc(-c4nc5c(-c6cccc7c6oc6ccccc67)ccc(-c6cccc7c6oc6ccccc67)c5s4)cc3)nc3ccccc32)cc1. The van der Waals surface area contributed by atoms with Gasteiger partial charge < -0.3 is 8.83 Å². The lowest BCUT2D eigenvalue weighted by Gasteiger charge is -2.09. The van der Waals surface area contributed by atoms with Crippen molar-refractivity contribution < 1.29 is 8.83 Å². The molecule has 0 aliphatic heterocycles. The second-order valence-electron chi connectivity index (χ2n) is 14.1. The summed E-state index contributed by atoms with van der Waals surface area (Å²) in [7, 11) is 0. The van der Waals surface area contributed by atoms with Crippen LogP contribution in [0.25, 0.3) is 115 Å². The summed E-state index contributed by atoms with van der Waals surface area (Å²) in [6.45, 7) is 0. The van der Waals surface area contributed by atoms with Gasteiger partial charge in [0.05, 0.1) is 21.3 Å². The molecule has 0 fully saturated rings. The molecule has 4 heterocycles. The molecule has 0 amide bonds. The number of aromatic nitrogens is 3. The molecule has 0 saturated heterocycles. The van der Waals surface area contributed by atoms with E-state index in [2.05, 4.69) is 144 Å². The first kappa shape index (κ1) is 31.1. The highest BCUT2D eigenvalue weighted by Crippen LogP contribution is 2.46. The van der Waals surface area contributed by atoms with E-state index in [1.165, 1.54) is 0 Å². The van der Waals surface area contributed by atoms with Crippen molar-refractivity contribution in [3.05, 3.63) is 176 Å². The van der Waals surface area contributed by atoms with Gasteiger partial charge in [-0.25, -0.2) is 9.97 Å². The lowest BCUT2D eigenvalue weighted by Crippen LogP contribution is -1.97. The normalized spacial score (nSPS) is 11.9. The number of nitrogens with zero attached hydrogens (tertiary/aromatic N) is 3. The van der Waals surface area contributed by atoms with Crippen LogP contribution >= 0.6 is 11.3 Å². The summed E-state index contributed by atoms with van der Waals surface area (Å²) >= 11 is 1.71. The predicted octanol–water partition coefficient (Wildman–Crippen LogP) is 14.1. The van der Waals surface area contributed by atoms with Gasteiger partial charge in [-0.15, -0.1) is 11.3 Å². The topological polar surface area (TPSA) is 57.0 Å². The van der Waals surface area contributed by atoms with E-state index >= 15 is 0 Å². The quantitative estimate of drug-likeness (QED) is 0.177. The van der Waals surface area contributed by atoms with Crippen LogP contribution < -0.4 is 0 Å². The van der Waals surface area contributed by atoms with Crippen LogP contribution in [0, 0.1) is 0 Å². The number of para-hydroxylation sites is 7. The minimum Gasteiger partial charge on any atom is -0.455 e. The van der Waals surface area contributed by atoms with Crippen LogP contribution in [0.3, 0.4) is 0 Å². The molecule has 56 heavy (non-hydrogen) atoms. The van der Waals surface area contributed by atoms with Gasteiger partial charge in [0, 0.05) is 60.6 Å². The van der Waals surface area contributed by atoms with Crippen molar-refractivity contribution in [1.29, 1.82) is 0 Å². The molecule has 0 radical (unpaired) electrons. The highest BCUT2D eigenvalue weighted by molar-refractivity contribution is 7.22. The van der Waals surface area contributed by atoms with E-state index in [-0.39, 0.29) is 0 Å². The Morgan fingerprint density at radius 3 is 1.71 bits per heavy atom. The van der Waals surface area contributed by atoms with Crippen LogP contribution in [0.4, 0.5) is 0 Å². The second-order valence-corrected chi connectivity index (χ2v) is 15.1. The van der Waals surface area contributed by atoms with Crippen molar-refractivity contribution in [2.75, 3.05) is 0 Å². The van der Waals surface area contributed by atoms with Crippen LogP contribution in [0.2, 0.25) is 0 Å². The number of rotatable bonds is 5. The van der Waals surface area contributed by atoms with Gasteiger partial charge in [0.15, 0.2) is 0 Å².